The van der Waals surface area contributed by atoms with E-state index in [1.165, 1.54) is 0 Å². The molecule has 0 bridgehead atoms. The zero-order valence-corrected chi connectivity index (χ0v) is 16.4. The number of likely N-dealkylation sites (N-methyl/N-ethyl adjacent to an activating group) is 1. The van der Waals surface area contributed by atoms with E-state index in [1.54, 1.807) is 18.5 Å². The van der Waals surface area contributed by atoms with Crippen molar-refractivity contribution < 1.29 is 9.84 Å². The minimum atomic E-state index is -0.233. The van der Waals surface area contributed by atoms with E-state index in [0.717, 1.165) is 17.7 Å². The maximum atomic E-state index is 9.89. The van der Waals surface area contributed by atoms with Crippen LogP contribution in [0.4, 0.5) is 0 Å². The third-order valence-electron chi connectivity index (χ3n) is 4.88. The highest BCUT2D eigenvalue weighted by atomic mass is 35.5. The van der Waals surface area contributed by atoms with Crippen LogP contribution in [0.15, 0.2) is 48.8 Å². The molecule has 0 radical (unpaired) electrons. The van der Waals surface area contributed by atoms with Crippen molar-refractivity contribution in [2.24, 2.45) is 0 Å². The predicted octanol–water partition coefficient (Wildman–Crippen LogP) is 3.57. The molecule has 2 heterocycles. The molecule has 7 heteroatoms. The van der Waals surface area contributed by atoms with Gasteiger partial charge in [0.05, 0.1) is 5.56 Å². The lowest BCUT2D eigenvalue weighted by Gasteiger charge is -2.28. The quantitative estimate of drug-likeness (QED) is 0.553. The smallest absolute Gasteiger partial charge is 0.228 e. The van der Waals surface area contributed by atoms with E-state index in [0.29, 0.717) is 34.2 Å². The highest BCUT2D eigenvalue weighted by Gasteiger charge is 2.32. The van der Waals surface area contributed by atoms with Gasteiger partial charge in [-0.15, -0.1) is 0 Å². The van der Waals surface area contributed by atoms with Crippen LogP contribution in [0.3, 0.4) is 0 Å². The Morgan fingerprint density at radius 1 is 1.21 bits per heavy atom. The van der Waals surface area contributed by atoms with Gasteiger partial charge >= 0.3 is 0 Å². The monoisotopic (exact) mass is 396 g/mol. The first-order valence-electron chi connectivity index (χ1n) is 8.99. The second kappa shape index (κ2) is 7.30. The topological polar surface area (TPSA) is 74.4 Å². The fourth-order valence-electron chi connectivity index (χ4n) is 3.44. The average Bonchev–Trinajstić information content (AvgIpc) is 2.66. The molecule has 0 saturated heterocycles. The standard InChI is InChI=1S/C21H21ClN4O2/c1-25(2)9-10-26-12-24-21-19(20(26)23)18(13-3-5-14(22)6-4-13)16-8-7-15(27)11-17(16)28-21/h3-8,11-12,18,23,27H,9-10H2,1-2H3/t18-/m1/s1. The maximum absolute atomic E-state index is 9.89. The molecular formula is C21H21ClN4O2. The summed E-state index contributed by atoms with van der Waals surface area (Å²) in [6.07, 6.45) is 1.64. The maximum Gasteiger partial charge on any atom is 0.228 e. The largest absolute Gasteiger partial charge is 0.508 e. The summed E-state index contributed by atoms with van der Waals surface area (Å²) in [5, 5.41) is 19.4. The van der Waals surface area contributed by atoms with Gasteiger partial charge in [0.1, 0.15) is 23.3 Å². The number of phenols is 1. The minimum Gasteiger partial charge on any atom is -0.508 e. The zero-order valence-electron chi connectivity index (χ0n) is 15.7. The van der Waals surface area contributed by atoms with E-state index in [-0.39, 0.29) is 11.7 Å². The molecule has 6 nitrogen and oxygen atoms in total. The fraction of sp³-hybridized carbons (Fsp3) is 0.238. The van der Waals surface area contributed by atoms with Crippen LogP contribution in [0.2, 0.25) is 5.02 Å². The summed E-state index contributed by atoms with van der Waals surface area (Å²) in [4.78, 5) is 6.54. The Balaban J connectivity index is 1.90. The molecule has 4 rings (SSSR count). The third-order valence-corrected chi connectivity index (χ3v) is 5.13. The van der Waals surface area contributed by atoms with E-state index in [2.05, 4.69) is 9.88 Å². The number of benzene rings is 2. The molecule has 0 amide bonds. The number of nitrogens with zero attached hydrogens (tertiary/aromatic N) is 3. The summed E-state index contributed by atoms with van der Waals surface area (Å²) >= 11 is 6.08. The number of halogens is 1. The normalized spacial score (nSPS) is 15.1. The lowest BCUT2D eigenvalue weighted by molar-refractivity contribution is 0.370. The summed E-state index contributed by atoms with van der Waals surface area (Å²) in [7, 11) is 4.00. The molecule has 0 aliphatic carbocycles. The van der Waals surface area contributed by atoms with Crippen LogP contribution >= 0.6 is 11.6 Å². The number of nitrogens with one attached hydrogen (secondary N) is 1. The first kappa shape index (κ1) is 18.5. The number of phenolic OH excluding ortho intramolecular Hbond substituents is 1. The highest BCUT2D eigenvalue weighted by Crippen LogP contribution is 2.46. The summed E-state index contributed by atoms with van der Waals surface area (Å²) in [6, 6.07) is 12.6. The van der Waals surface area contributed by atoms with Gasteiger partial charge in [-0.05, 0) is 37.9 Å². The Bertz CT molecular complexity index is 1080. The molecule has 1 aliphatic rings. The number of aromatic nitrogens is 2. The van der Waals surface area contributed by atoms with Gasteiger partial charge < -0.3 is 19.3 Å². The molecule has 2 aromatic carbocycles. The summed E-state index contributed by atoms with van der Waals surface area (Å²) in [5.41, 5.74) is 2.95. The molecule has 1 aromatic heterocycles. The number of hydrogen-bond acceptors (Lipinski definition) is 5. The number of aromatic hydroxyl groups is 1. The lowest BCUT2D eigenvalue weighted by atomic mass is 9.84. The van der Waals surface area contributed by atoms with Crippen molar-refractivity contribution in [2.45, 2.75) is 12.5 Å². The molecule has 0 fully saturated rings. The molecule has 0 saturated carbocycles. The van der Waals surface area contributed by atoms with Crippen molar-refractivity contribution >= 4 is 11.6 Å². The van der Waals surface area contributed by atoms with E-state index < -0.39 is 0 Å². The Hall–Kier alpha value is -2.83. The van der Waals surface area contributed by atoms with Crippen LogP contribution in [0.1, 0.15) is 22.6 Å². The first-order valence-corrected chi connectivity index (χ1v) is 9.36. The Morgan fingerprint density at radius 3 is 2.68 bits per heavy atom. The van der Waals surface area contributed by atoms with Crippen molar-refractivity contribution in [1.29, 1.82) is 5.41 Å². The average molecular weight is 397 g/mol. The first-order chi connectivity index (χ1) is 13.4. The number of fused-ring (bicyclic) bond motifs is 2. The SMILES string of the molecule is CN(C)CCn1cnc2c(c1=N)[C@H](c1ccc(Cl)cc1)c1ccc(O)cc1O2. The third kappa shape index (κ3) is 3.37. The van der Waals surface area contributed by atoms with Crippen LogP contribution in [0.25, 0.3) is 0 Å². The lowest BCUT2D eigenvalue weighted by Crippen LogP contribution is -2.32. The summed E-state index contributed by atoms with van der Waals surface area (Å²) in [5.74, 6) is 0.832. The number of rotatable bonds is 4. The van der Waals surface area contributed by atoms with Gasteiger partial charge in [0, 0.05) is 35.7 Å². The fourth-order valence-corrected chi connectivity index (χ4v) is 3.56. The molecule has 1 atom stereocenters. The van der Waals surface area contributed by atoms with Gasteiger partial charge in [-0.2, -0.15) is 0 Å². The predicted molar refractivity (Wildman–Crippen MR) is 107 cm³/mol. The molecule has 2 N–H and O–H groups in total. The van der Waals surface area contributed by atoms with Crippen LogP contribution in [-0.4, -0.2) is 40.2 Å². The van der Waals surface area contributed by atoms with Gasteiger partial charge in [0.2, 0.25) is 5.88 Å². The Kier molecular flexibility index (Phi) is 4.83. The van der Waals surface area contributed by atoms with Crippen LogP contribution in [0.5, 0.6) is 17.4 Å². The van der Waals surface area contributed by atoms with Gasteiger partial charge in [0.25, 0.3) is 0 Å². The van der Waals surface area contributed by atoms with Gasteiger partial charge in [-0.25, -0.2) is 4.98 Å². The molecule has 144 valence electrons. The van der Waals surface area contributed by atoms with Crippen LogP contribution in [-0.2, 0) is 6.54 Å². The van der Waals surface area contributed by atoms with E-state index in [4.69, 9.17) is 21.7 Å². The molecule has 0 spiro atoms. The second-order valence-corrected chi connectivity index (χ2v) is 7.55. The molecular weight excluding hydrogens is 376 g/mol. The van der Waals surface area contributed by atoms with Crippen LogP contribution in [0, 0.1) is 5.41 Å². The Morgan fingerprint density at radius 2 is 1.96 bits per heavy atom. The molecule has 1 aliphatic heterocycles. The van der Waals surface area contributed by atoms with Crippen molar-refractivity contribution in [2.75, 3.05) is 20.6 Å². The van der Waals surface area contributed by atoms with Gasteiger partial charge in [0.15, 0.2) is 0 Å². The Labute approximate surface area is 168 Å². The van der Waals surface area contributed by atoms with Crippen molar-refractivity contribution in [3.05, 3.63) is 76.0 Å². The number of ether oxygens (including phenoxy) is 1. The number of hydrogen-bond donors (Lipinski definition) is 2. The minimum absolute atomic E-state index is 0.125. The van der Waals surface area contributed by atoms with E-state index in [1.807, 2.05) is 49.0 Å². The zero-order chi connectivity index (χ0) is 19.8. The van der Waals surface area contributed by atoms with Crippen LogP contribution < -0.4 is 10.2 Å². The summed E-state index contributed by atoms with van der Waals surface area (Å²) in [6.45, 7) is 1.45. The van der Waals surface area contributed by atoms with Gasteiger partial charge in [-0.1, -0.05) is 29.8 Å². The molecule has 3 aromatic rings. The van der Waals surface area contributed by atoms with Gasteiger partial charge in [-0.3, -0.25) is 5.41 Å². The van der Waals surface area contributed by atoms with E-state index >= 15 is 0 Å². The summed E-state index contributed by atoms with van der Waals surface area (Å²) < 4.78 is 7.78. The van der Waals surface area contributed by atoms with Crippen molar-refractivity contribution in [1.82, 2.24) is 14.5 Å². The van der Waals surface area contributed by atoms with E-state index in [9.17, 15) is 5.11 Å². The second-order valence-electron chi connectivity index (χ2n) is 7.12. The van der Waals surface area contributed by atoms with Crippen molar-refractivity contribution in [3.63, 3.8) is 0 Å². The molecule has 0 unspecified atom stereocenters. The molecule has 28 heavy (non-hydrogen) atoms. The van der Waals surface area contributed by atoms with Crippen molar-refractivity contribution in [3.8, 4) is 17.4 Å². The highest BCUT2D eigenvalue weighted by molar-refractivity contribution is 6.30.